The van der Waals surface area contributed by atoms with E-state index in [1.807, 2.05) is 6.92 Å². The van der Waals surface area contributed by atoms with Crippen LogP contribution in [0, 0.1) is 0 Å². The zero-order valence-corrected chi connectivity index (χ0v) is 7.77. The fourth-order valence-electron chi connectivity index (χ4n) is 0.921. The van der Waals surface area contributed by atoms with E-state index in [-0.39, 0.29) is 5.78 Å². The van der Waals surface area contributed by atoms with Gasteiger partial charge in [-0.05, 0) is 18.2 Å². The standard InChI is InChI=1S/C9H11NOS/c1-2-8(11)6-3-4-7(10)9(12)5-6/h3-5,12H,2,10H2,1H3. The van der Waals surface area contributed by atoms with E-state index in [0.717, 1.165) is 0 Å². The lowest BCUT2D eigenvalue weighted by atomic mass is 10.1. The lowest BCUT2D eigenvalue weighted by Gasteiger charge is -2.01. The van der Waals surface area contributed by atoms with Gasteiger partial charge in [0.2, 0.25) is 0 Å². The molecule has 64 valence electrons. The molecule has 0 aliphatic carbocycles. The molecule has 3 heteroatoms. The zero-order chi connectivity index (χ0) is 9.14. The Morgan fingerprint density at radius 1 is 1.58 bits per heavy atom. The molecular formula is C9H11NOS. The molecule has 2 nitrogen and oxygen atoms in total. The molecule has 1 rings (SSSR count). The van der Waals surface area contributed by atoms with Gasteiger partial charge in [-0.2, -0.15) is 0 Å². The Bertz CT molecular complexity index is 309. The van der Waals surface area contributed by atoms with Crippen LogP contribution in [0.1, 0.15) is 23.7 Å². The Hall–Kier alpha value is -0.960. The Morgan fingerprint density at radius 3 is 2.75 bits per heavy atom. The number of nitrogens with two attached hydrogens (primary N) is 1. The van der Waals surface area contributed by atoms with Crippen molar-refractivity contribution >= 4 is 24.1 Å². The van der Waals surface area contributed by atoms with E-state index in [1.54, 1.807) is 18.2 Å². The van der Waals surface area contributed by atoms with Crippen molar-refractivity contribution in [1.29, 1.82) is 0 Å². The molecule has 12 heavy (non-hydrogen) atoms. The highest BCUT2D eigenvalue weighted by molar-refractivity contribution is 7.80. The normalized spacial score (nSPS) is 9.83. The van der Waals surface area contributed by atoms with Crippen molar-refractivity contribution in [3.8, 4) is 0 Å². The third-order valence-electron chi connectivity index (χ3n) is 1.67. The van der Waals surface area contributed by atoms with Crippen LogP contribution in [0.3, 0.4) is 0 Å². The molecular weight excluding hydrogens is 170 g/mol. The quantitative estimate of drug-likeness (QED) is 0.417. The van der Waals surface area contributed by atoms with Crippen molar-refractivity contribution in [1.82, 2.24) is 0 Å². The first-order chi connectivity index (χ1) is 5.65. The molecule has 0 saturated heterocycles. The number of rotatable bonds is 2. The molecule has 0 fully saturated rings. The number of anilines is 1. The molecule has 0 radical (unpaired) electrons. The first kappa shape index (κ1) is 9.13. The lowest BCUT2D eigenvalue weighted by molar-refractivity contribution is 0.0988. The average molecular weight is 181 g/mol. The summed E-state index contributed by atoms with van der Waals surface area (Å²) in [5.74, 6) is 0.116. The van der Waals surface area contributed by atoms with Crippen LogP contribution in [0.4, 0.5) is 5.69 Å². The van der Waals surface area contributed by atoms with Crippen LogP contribution in [-0.2, 0) is 0 Å². The molecule has 1 aromatic carbocycles. The minimum Gasteiger partial charge on any atom is -0.398 e. The highest BCUT2D eigenvalue weighted by Gasteiger charge is 2.03. The predicted octanol–water partition coefficient (Wildman–Crippen LogP) is 2.15. The first-order valence-corrected chi connectivity index (χ1v) is 4.21. The molecule has 0 heterocycles. The molecule has 2 N–H and O–H groups in total. The van der Waals surface area contributed by atoms with Crippen LogP contribution < -0.4 is 5.73 Å². The fraction of sp³-hybridized carbons (Fsp3) is 0.222. The summed E-state index contributed by atoms with van der Waals surface area (Å²) < 4.78 is 0. The maximum absolute atomic E-state index is 11.2. The highest BCUT2D eigenvalue weighted by atomic mass is 32.1. The van der Waals surface area contributed by atoms with Crippen LogP contribution in [0.25, 0.3) is 0 Å². The van der Waals surface area contributed by atoms with Gasteiger partial charge in [-0.1, -0.05) is 6.92 Å². The molecule has 0 saturated carbocycles. The van der Waals surface area contributed by atoms with Crippen LogP contribution in [0.5, 0.6) is 0 Å². The molecule has 0 aromatic heterocycles. The van der Waals surface area contributed by atoms with Crippen LogP contribution >= 0.6 is 12.6 Å². The number of carbonyl (C=O) groups excluding carboxylic acids is 1. The molecule has 0 atom stereocenters. The zero-order valence-electron chi connectivity index (χ0n) is 6.87. The van der Waals surface area contributed by atoms with Gasteiger partial charge in [-0.3, -0.25) is 4.79 Å². The summed E-state index contributed by atoms with van der Waals surface area (Å²) in [6.07, 6.45) is 0.511. The molecule has 0 unspecified atom stereocenters. The van der Waals surface area contributed by atoms with Crippen molar-refractivity contribution in [2.75, 3.05) is 5.73 Å². The second-order valence-electron chi connectivity index (χ2n) is 2.55. The summed E-state index contributed by atoms with van der Waals surface area (Å²) in [6.45, 7) is 1.83. The van der Waals surface area contributed by atoms with Crippen LogP contribution in [0.2, 0.25) is 0 Å². The number of hydrogen-bond donors (Lipinski definition) is 2. The van der Waals surface area contributed by atoms with Gasteiger partial charge < -0.3 is 5.73 Å². The molecule has 1 aromatic rings. The molecule has 0 aliphatic heterocycles. The third-order valence-corrected chi connectivity index (χ3v) is 2.06. The monoisotopic (exact) mass is 181 g/mol. The van der Waals surface area contributed by atoms with Crippen molar-refractivity contribution in [2.24, 2.45) is 0 Å². The average Bonchev–Trinajstić information content (AvgIpc) is 2.08. The van der Waals surface area contributed by atoms with E-state index in [9.17, 15) is 4.79 Å². The topological polar surface area (TPSA) is 43.1 Å². The van der Waals surface area contributed by atoms with Gasteiger partial charge in [-0.15, -0.1) is 12.6 Å². The van der Waals surface area contributed by atoms with Gasteiger partial charge in [0, 0.05) is 22.6 Å². The van der Waals surface area contributed by atoms with E-state index in [0.29, 0.717) is 22.6 Å². The Kier molecular flexibility index (Phi) is 2.76. The molecule has 0 aliphatic rings. The number of carbonyl (C=O) groups is 1. The number of thiol groups is 1. The van der Waals surface area contributed by atoms with E-state index in [4.69, 9.17) is 5.73 Å². The summed E-state index contributed by atoms with van der Waals surface area (Å²) in [5.41, 5.74) is 6.82. The van der Waals surface area contributed by atoms with E-state index in [2.05, 4.69) is 12.6 Å². The van der Waals surface area contributed by atoms with Gasteiger partial charge in [0.15, 0.2) is 5.78 Å². The summed E-state index contributed by atoms with van der Waals surface area (Å²) in [7, 11) is 0. The van der Waals surface area contributed by atoms with Gasteiger partial charge in [0.25, 0.3) is 0 Å². The van der Waals surface area contributed by atoms with Gasteiger partial charge in [-0.25, -0.2) is 0 Å². The molecule has 0 amide bonds. The van der Waals surface area contributed by atoms with E-state index < -0.39 is 0 Å². The number of nitrogen functional groups attached to an aromatic ring is 1. The van der Waals surface area contributed by atoms with E-state index >= 15 is 0 Å². The maximum Gasteiger partial charge on any atom is 0.162 e. The number of benzene rings is 1. The van der Waals surface area contributed by atoms with Gasteiger partial charge >= 0.3 is 0 Å². The van der Waals surface area contributed by atoms with Gasteiger partial charge in [0.05, 0.1) is 0 Å². The Morgan fingerprint density at radius 2 is 2.25 bits per heavy atom. The first-order valence-electron chi connectivity index (χ1n) is 3.77. The van der Waals surface area contributed by atoms with Crippen molar-refractivity contribution in [3.05, 3.63) is 23.8 Å². The van der Waals surface area contributed by atoms with E-state index in [1.165, 1.54) is 0 Å². The summed E-state index contributed by atoms with van der Waals surface area (Å²) in [4.78, 5) is 11.9. The fourth-order valence-corrected chi connectivity index (χ4v) is 1.13. The maximum atomic E-state index is 11.2. The minimum absolute atomic E-state index is 0.116. The second kappa shape index (κ2) is 3.63. The third kappa shape index (κ3) is 1.80. The highest BCUT2D eigenvalue weighted by Crippen LogP contribution is 2.18. The number of Topliss-reactive ketones (excluding diaryl/α,β-unsaturated/α-hetero) is 1. The Balaban J connectivity index is 3.05. The van der Waals surface area contributed by atoms with Crippen molar-refractivity contribution in [2.45, 2.75) is 18.2 Å². The van der Waals surface area contributed by atoms with Crippen molar-refractivity contribution in [3.63, 3.8) is 0 Å². The van der Waals surface area contributed by atoms with Crippen LogP contribution in [-0.4, -0.2) is 5.78 Å². The lowest BCUT2D eigenvalue weighted by Crippen LogP contribution is -1.97. The predicted molar refractivity (Wildman–Crippen MR) is 52.7 cm³/mol. The number of ketones is 1. The molecule has 0 bridgehead atoms. The minimum atomic E-state index is 0.116. The second-order valence-corrected chi connectivity index (χ2v) is 3.03. The summed E-state index contributed by atoms with van der Waals surface area (Å²) in [6, 6.07) is 5.12. The number of hydrogen-bond acceptors (Lipinski definition) is 3. The van der Waals surface area contributed by atoms with Crippen LogP contribution in [0.15, 0.2) is 23.1 Å². The molecule has 0 spiro atoms. The smallest absolute Gasteiger partial charge is 0.162 e. The Labute approximate surface area is 77.2 Å². The summed E-state index contributed by atoms with van der Waals surface area (Å²) in [5, 5.41) is 0. The summed E-state index contributed by atoms with van der Waals surface area (Å²) >= 11 is 4.12. The van der Waals surface area contributed by atoms with Crippen molar-refractivity contribution < 1.29 is 4.79 Å². The SMILES string of the molecule is CCC(=O)c1ccc(N)c(S)c1. The largest absolute Gasteiger partial charge is 0.398 e. The van der Waals surface area contributed by atoms with Gasteiger partial charge in [0.1, 0.15) is 0 Å².